The Balaban J connectivity index is 2.81. The Morgan fingerprint density at radius 1 is 1.62 bits per heavy atom. The molecule has 1 heterocycles. The molecule has 13 heavy (non-hydrogen) atoms. The van der Waals surface area contributed by atoms with Crippen molar-refractivity contribution in [1.82, 2.24) is 10.2 Å². The average molecular weight is 211 g/mol. The summed E-state index contributed by atoms with van der Waals surface area (Å²) < 4.78 is 35.6. The van der Waals surface area contributed by atoms with Gasteiger partial charge in [-0.25, -0.2) is 0 Å². The van der Waals surface area contributed by atoms with Crippen LogP contribution in [0.1, 0.15) is 0 Å². The van der Waals surface area contributed by atoms with Gasteiger partial charge in [-0.3, -0.25) is 9.69 Å². The van der Waals surface area contributed by atoms with Gasteiger partial charge in [0.25, 0.3) is 0 Å². The second-order valence-electron chi connectivity index (χ2n) is 2.08. The maximum absolute atomic E-state index is 11.9. The lowest BCUT2D eigenvalue weighted by atomic mass is 10.5. The summed E-state index contributed by atoms with van der Waals surface area (Å²) in [7, 11) is 0.996. The maximum atomic E-state index is 11.9. The monoisotopic (exact) mass is 211 g/mol. The zero-order chi connectivity index (χ0) is 10.1. The Morgan fingerprint density at radius 2 is 2.23 bits per heavy atom. The predicted octanol–water partition coefficient (Wildman–Crippen LogP) is 1.06. The molecule has 0 bridgehead atoms. The van der Waals surface area contributed by atoms with E-state index in [0.717, 1.165) is 18.4 Å². The standard InChI is InChI=1S/C5H4F3N3OS/c1-11(3(12)5(6,7)8)4-10-9-2-13-4/h2H,1H3. The Hall–Kier alpha value is -1.18. The van der Waals surface area contributed by atoms with Gasteiger partial charge >= 0.3 is 12.1 Å². The van der Waals surface area contributed by atoms with Gasteiger partial charge in [-0.1, -0.05) is 11.3 Å². The fourth-order valence-electron chi connectivity index (χ4n) is 0.590. The third kappa shape index (κ3) is 2.14. The average Bonchev–Trinajstić information content (AvgIpc) is 2.51. The maximum Gasteiger partial charge on any atom is 0.471 e. The molecule has 0 aliphatic rings. The van der Waals surface area contributed by atoms with Crippen molar-refractivity contribution >= 4 is 22.4 Å². The molecule has 72 valence electrons. The summed E-state index contributed by atoms with van der Waals surface area (Å²) in [5, 5.41) is 6.56. The van der Waals surface area contributed by atoms with Gasteiger partial charge in [0.2, 0.25) is 5.13 Å². The summed E-state index contributed by atoms with van der Waals surface area (Å²) >= 11 is 0.858. The van der Waals surface area contributed by atoms with Crippen molar-refractivity contribution in [3.05, 3.63) is 5.51 Å². The lowest BCUT2D eigenvalue weighted by molar-refractivity contribution is -0.170. The molecule has 0 saturated heterocycles. The van der Waals surface area contributed by atoms with E-state index in [2.05, 4.69) is 10.2 Å². The largest absolute Gasteiger partial charge is 0.471 e. The summed E-state index contributed by atoms with van der Waals surface area (Å²) in [6.07, 6.45) is -4.87. The minimum atomic E-state index is -4.87. The highest BCUT2D eigenvalue weighted by atomic mass is 32.1. The van der Waals surface area contributed by atoms with Crippen molar-refractivity contribution in [2.45, 2.75) is 6.18 Å². The Labute approximate surface area is 75.0 Å². The molecule has 0 saturated carbocycles. The number of rotatable bonds is 1. The van der Waals surface area contributed by atoms with Gasteiger partial charge in [0.05, 0.1) is 0 Å². The molecule has 8 heteroatoms. The van der Waals surface area contributed by atoms with Gasteiger partial charge in [-0.15, -0.1) is 10.2 Å². The van der Waals surface area contributed by atoms with Crippen LogP contribution in [0.15, 0.2) is 5.51 Å². The van der Waals surface area contributed by atoms with E-state index in [1.54, 1.807) is 0 Å². The first kappa shape index (κ1) is 9.90. The highest BCUT2D eigenvalue weighted by molar-refractivity contribution is 7.13. The van der Waals surface area contributed by atoms with Crippen LogP contribution in [0, 0.1) is 0 Å². The van der Waals surface area contributed by atoms with Crippen molar-refractivity contribution in [3.63, 3.8) is 0 Å². The van der Waals surface area contributed by atoms with E-state index < -0.39 is 12.1 Å². The van der Waals surface area contributed by atoms with Gasteiger partial charge in [0.1, 0.15) is 5.51 Å². The van der Waals surface area contributed by atoms with Crippen LogP contribution in [0.3, 0.4) is 0 Å². The molecule has 0 fully saturated rings. The number of nitrogens with zero attached hydrogens (tertiary/aromatic N) is 3. The summed E-state index contributed by atoms with van der Waals surface area (Å²) in [6.45, 7) is 0. The Bertz CT molecular complexity index is 296. The third-order valence-electron chi connectivity index (χ3n) is 1.18. The molecule has 1 aromatic rings. The van der Waals surface area contributed by atoms with Crippen LogP contribution in [0.2, 0.25) is 0 Å². The lowest BCUT2D eigenvalue weighted by Gasteiger charge is -2.14. The fourth-order valence-corrected chi connectivity index (χ4v) is 1.11. The molecule has 0 aromatic carbocycles. The van der Waals surface area contributed by atoms with Crippen molar-refractivity contribution in [2.75, 3.05) is 11.9 Å². The molecule has 0 aliphatic carbocycles. The molecular weight excluding hydrogens is 207 g/mol. The highest BCUT2D eigenvalue weighted by Crippen LogP contribution is 2.22. The smallest absolute Gasteiger partial charge is 0.282 e. The minimum Gasteiger partial charge on any atom is -0.282 e. The van der Waals surface area contributed by atoms with Crippen LogP contribution in [-0.4, -0.2) is 29.3 Å². The zero-order valence-corrected chi connectivity index (χ0v) is 7.19. The zero-order valence-electron chi connectivity index (χ0n) is 6.37. The van der Waals surface area contributed by atoms with E-state index in [1.807, 2.05) is 0 Å². The van der Waals surface area contributed by atoms with Crippen LogP contribution in [0.25, 0.3) is 0 Å². The van der Waals surface area contributed by atoms with Gasteiger partial charge in [0.15, 0.2) is 0 Å². The van der Waals surface area contributed by atoms with Crippen molar-refractivity contribution in [3.8, 4) is 0 Å². The highest BCUT2D eigenvalue weighted by Gasteiger charge is 2.42. The minimum absolute atomic E-state index is 0.0812. The SMILES string of the molecule is CN(C(=O)C(F)(F)F)c1nncs1. The number of hydrogen-bond acceptors (Lipinski definition) is 4. The van der Waals surface area contributed by atoms with Gasteiger partial charge in [-0.05, 0) is 0 Å². The molecule has 1 aromatic heterocycles. The number of hydrogen-bond donors (Lipinski definition) is 0. The van der Waals surface area contributed by atoms with E-state index in [-0.39, 0.29) is 5.13 Å². The molecule has 0 radical (unpaired) electrons. The molecule has 0 spiro atoms. The van der Waals surface area contributed by atoms with Crippen LogP contribution >= 0.6 is 11.3 Å². The number of alkyl halides is 3. The van der Waals surface area contributed by atoms with Gasteiger partial charge in [0, 0.05) is 7.05 Å². The molecule has 0 aliphatic heterocycles. The Morgan fingerprint density at radius 3 is 2.62 bits per heavy atom. The molecule has 0 atom stereocenters. The quantitative estimate of drug-likeness (QED) is 0.697. The summed E-state index contributed by atoms with van der Waals surface area (Å²) in [6, 6.07) is 0. The van der Waals surface area contributed by atoms with Crippen LogP contribution in [-0.2, 0) is 4.79 Å². The number of carbonyl (C=O) groups is 1. The Kier molecular flexibility index (Phi) is 2.50. The molecular formula is C5H4F3N3OS. The molecule has 0 N–H and O–H groups in total. The first-order valence-electron chi connectivity index (χ1n) is 3.04. The molecule has 0 unspecified atom stereocenters. The molecule has 1 amide bonds. The van der Waals surface area contributed by atoms with Crippen molar-refractivity contribution in [1.29, 1.82) is 0 Å². The van der Waals surface area contributed by atoms with Crippen LogP contribution in [0.5, 0.6) is 0 Å². The predicted molar refractivity (Wildman–Crippen MR) is 39.4 cm³/mol. The normalized spacial score (nSPS) is 11.4. The second kappa shape index (κ2) is 3.29. The summed E-state index contributed by atoms with van der Waals surface area (Å²) in [4.78, 5) is 11.0. The number of carbonyl (C=O) groups excluding carboxylic acids is 1. The number of aromatic nitrogens is 2. The van der Waals surface area contributed by atoms with E-state index >= 15 is 0 Å². The van der Waals surface area contributed by atoms with Crippen LogP contribution < -0.4 is 4.90 Å². The van der Waals surface area contributed by atoms with Crippen molar-refractivity contribution < 1.29 is 18.0 Å². The van der Waals surface area contributed by atoms with E-state index in [0.29, 0.717) is 4.90 Å². The first-order valence-corrected chi connectivity index (χ1v) is 3.92. The topological polar surface area (TPSA) is 46.1 Å². The van der Waals surface area contributed by atoms with Gasteiger partial charge in [-0.2, -0.15) is 13.2 Å². The van der Waals surface area contributed by atoms with Crippen molar-refractivity contribution in [2.24, 2.45) is 0 Å². The second-order valence-corrected chi connectivity index (χ2v) is 2.89. The number of amides is 1. The summed E-state index contributed by atoms with van der Waals surface area (Å²) in [5.41, 5.74) is 1.25. The summed E-state index contributed by atoms with van der Waals surface area (Å²) in [5.74, 6) is -1.95. The van der Waals surface area contributed by atoms with E-state index in [1.165, 1.54) is 5.51 Å². The van der Waals surface area contributed by atoms with Crippen LogP contribution in [0.4, 0.5) is 18.3 Å². The number of halogens is 3. The van der Waals surface area contributed by atoms with E-state index in [4.69, 9.17) is 0 Å². The first-order chi connectivity index (χ1) is 5.93. The fraction of sp³-hybridized carbons (Fsp3) is 0.400. The molecule has 4 nitrogen and oxygen atoms in total. The number of anilines is 1. The molecule has 1 rings (SSSR count). The van der Waals surface area contributed by atoms with Gasteiger partial charge < -0.3 is 0 Å². The van der Waals surface area contributed by atoms with E-state index in [9.17, 15) is 18.0 Å². The third-order valence-corrected chi connectivity index (χ3v) is 1.95. The lowest BCUT2D eigenvalue weighted by Crippen LogP contribution is -2.38.